The summed E-state index contributed by atoms with van der Waals surface area (Å²) in [5.41, 5.74) is 1.05. The Morgan fingerprint density at radius 1 is 1.25 bits per heavy atom. The second-order valence-corrected chi connectivity index (χ2v) is 5.54. The van der Waals surface area contributed by atoms with E-state index >= 15 is 0 Å². The van der Waals surface area contributed by atoms with Crippen molar-refractivity contribution in [1.82, 2.24) is 0 Å². The monoisotopic (exact) mass is 360 g/mol. The lowest BCUT2D eigenvalue weighted by atomic mass is 10.1. The van der Waals surface area contributed by atoms with E-state index in [2.05, 4.69) is 5.32 Å². The minimum absolute atomic E-state index is 0.0558. The van der Waals surface area contributed by atoms with Gasteiger partial charge in [0, 0.05) is 0 Å². The van der Waals surface area contributed by atoms with Crippen molar-refractivity contribution in [3.8, 4) is 11.8 Å². The van der Waals surface area contributed by atoms with Crippen molar-refractivity contribution < 1.29 is 9.53 Å². The third-order valence-corrected chi connectivity index (χ3v) is 3.79. The van der Waals surface area contributed by atoms with Gasteiger partial charge in [0.2, 0.25) is 0 Å². The summed E-state index contributed by atoms with van der Waals surface area (Å²) < 4.78 is 5.45. The highest BCUT2D eigenvalue weighted by Crippen LogP contribution is 2.26. The molecule has 0 saturated heterocycles. The minimum atomic E-state index is -0.532. The molecule has 0 aliphatic heterocycles. The van der Waals surface area contributed by atoms with Crippen LogP contribution in [0.5, 0.6) is 5.75 Å². The lowest BCUT2D eigenvalue weighted by Gasteiger charge is -2.10. The van der Waals surface area contributed by atoms with E-state index in [1.807, 2.05) is 13.0 Å². The summed E-state index contributed by atoms with van der Waals surface area (Å²) in [5.74, 6) is 0.0101. The Bertz CT molecular complexity index is 826. The van der Waals surface area contributed by atoms with Gasteiger partial charge in [0.1, 0.15) is 17.4 Å². The van der Waals surface area contributed by atoms with Crippen molar-refractivity contribution in [3.63, 3.8) is 0 Å². The molecule has 0 unspecified atom stereocenters. The van der Waals surface area contributed by atoms with Crippen LogP contribution in [0.25, 0.3) is 6.08 Å². The lowest BCUT2D eigenvalue weighted by Crippen LogP contribution is -2.14. The fraction of sp³-hybridized carbons (Fsp3) is 0.111. The maximum atomic E-state index is 12.3. The van der Waals surface area contributed by atoms with E-state index in [4.69, 9.17) is 27.9 Å². The first-order chi connectivity index (χ1) is 11.5. The van der Waals surface area contributed by atoms with Gasteiger partial charge in [-0.1, -0.05) is 41.4 Å². The average molecular weight is 361 g/mol. The summed E-state index contributed by atoms with van der Waals surface area (Å²) in [6.45, 7) is 2.32. The van der Waals surface area contributed by atoms with Crippen LogP contribution in [0.3, 0.4) is 0 Å². The van der Waals surface area contributed by atoms with E-state index in [9.17, 15) is 10.1 Å². The molecule has 0 heterocycles. The average Bonchev–Trinajstić information content (AvgIpc) is 2.57. The lowest BCUT2D eigenvalue weighted by molar-refractivity contribution is -0.112. The van der Waals surface area contributed by atoms with Crippen LogP contribution in [0.15, 0.2) is 48.0 Å². The predicted molar refractivity (Wildman–Crippen MR) is 96.3 cm³/mol. The Morgan fingerprint density at radius 2 is 2.00 bits per heavy atom. The zero-order valence-corrected chi connectivity index (χ0v) is 14.4. The predicted octanol–water partition coefficient (Wildman–Crippen LogP) is 4.94. The highest BCUT2D eigenvalue weighted by Gasteiger charge is 2.12. The zero-order valence-electron chi connectivity index (χ0n) is 12.8. The second kappa shape index (κ2) is 8.39. The molecule has 0 aliphatic carbocycles. The number of para-hydroxylation sites is 2. The quantitative estimate of drug-likeness (QED) is 0.606. The Labute approximate surface area is 150 Å². The van der Waals surface area contributed by atoms with E-state index < -0.39 is 5.91 Å². The Balaban J connectivity index is 2.25. The SMILES string of the molecule is CCOc1ccccc1NC(=O)/C(C#N)=C/c1ccc(Cl)c(Cl)c1. The molecule has 0 atom stereocenters. The van der Waals surface area contributed by atoms with E-state index in [-0.39, 0.29) is 5.57 Å². The molecule has 2 aromatic rings. The molecule has 0 radical (unpaired) electrons. The maximum Gasteiger partial charge on any atom is 0.266 e. The summed E-state index contributed by atoms with van der Waals surface area (Å²) in [6, 6.07) is 13.8. The summed E-state index contributed by atoms with van der Waals surface area (Å²) in [4.78, 5) is 12.3. The third kappa shape index (κ3) is 4.51. The van der Waals surface area contributed by atoms with Crippen molar-refractivity contribution in [2.75, 3.05) is 11.9 Å². The summed E-state index contributed by atoms with van der Waals surface area (Å²) >= 11 is 11.8. The van der Waals surface area contributed by atoms with Gasteiger partial charge in [-0.05, 0) is 42.8 Å². The van der Waals surface area contributed by atoms with Gasteiger partial charge in [-0.3, -0.25) is 4.79 Å². The van der Waals surface area contributed by atoms with Crippen LogP contribution >= 0.6 is 23.2 Å². The van der Waals surface area contributed by atoms with Gasteiger partial charge >= 0.3 is 0 Å². The smallest absolute Gasteiger partial charge is 0.266 e. The minimum Gasteiger partial charge on any atom is -0.492 e. The van der Waals surface area contributed by atoms with Gasteiger partial charge in [0.25, 0.3) is 5.91 Å². The van der Waals surface area contributed by atoms with Crippen molar-refractivity contribution in [2.24, 2.45) is 0 Å². The first-order valence-corrected chi connectivity index (χ1v) is 7.90. The molecule has 1 N–H and O–H groups in total. The molecule has 24 heavy (non-hydrogen) atoms. The van der Waals surface area contributed by atoms with Crippen molar-refractivity contribution >= 4 is 40.9 Å². The molecular formula is C18H14Cl2N2O2. The number of halogens is 2. The molecule has 0 bridgehead atoms. The standard InChI is InChI=1S/C18H14Cl2N2O2/c1-2-24-17-6-4-3-5-16(17)22-18(23)13(11-21)9-12-7-8-14(19)15(20)10-12/h3-10H,2H2,1H3,(H,22,23)/b13-9+. The summed E-state index contributed by atoms with van der Waals surface area (Å²) in [6.07, 6.45) is 1.45. The van der Waals surface area contributed by atoms with Crippen molar-refractivity contribution in [3.05, 3.63) is 63.6 Å². The van der Waals surface area contributed by atoms with E-state index in [1.54, 1.807) is 42.5 Å². The van der Waals surface area contributed by atoms with Gasteiger partial charge in [-0.15, -0.1) is 0 Å². The number of amides is 1. The molecule has 0 fully saturated rings. The van der Waals surface area contributed by atoms with Crippen molar-refractivity contribution in [2.45, 2.75) is 6.92 Å². The molecular weight excluding hydrogens is 347 g/mol. The molecule has 6 heteroatoms. The van der Waals surface area contributed by atoms with E-state index in [1.165, 1.54) is 6.08 Å². The van der Waals surface area contributed by atoms with Gasteiger partial charge in [0.05, 0.1) is 22.3 Å². The molecule has 4 nitrogen and oxygen atoms in total. The van der Waals surface area contributed by atoms with Crippen LogP contribution in [0.1, 0.15) is 12.5 Å². The number of carbonyl (C=O) groups is 1. The maximum absolute atomic E-state index is 12.3. The number of ether oxygens (including phenoxy) is 1. The highest BCUT2D eigenvalue weighted by atomic mass is 35.5. The second-order valence-electron chi connectivity index (χ2n) is 4.73. The molecule has 2 aromatic carbocycles. The Kier molecular flexibility index (Phi) is 6.25. The molecule has 1 amide bonds. The summed E-state index contributed by atoms with van der Waals surface area (Å²) in [7, 11) is 0. The van der Waals surface area contributed by atoms with Crippen LogP contribution < -0.4 is 10.1 Å². The molecule has 122 valence electrons. The van der Waals surface area contributed by atoms with E-state index in [0.717, 1.165) is 0 Å². The topological polar surface area (TPSA) is 62.1 Å². The normalized spacial score (nSPS) is 10.8. The number of nitrogens with one attached hydrogen (secondary N) is 1. The fourth-order valence-corrected chi connectivity index (χ4v) is 2.26. The first-order valence-electron chi connectivity index (χ1n) is 7.15. The van der Waals surface area contributed by atoms with Crippen molar-refractivity contribution in [1.29, 1.82) is 5.26 Å². The number of hydrogen-bond donors (Lipinski definition) is 1. The highest BCUT2D eigenvalue weighted by molar-refractivity contribution is 6.42. The van der Waals surface area contributed by atoms with Gasteiger partial charge < -0.3 is 10.1 Å². The first kappa shape index (κ1) is 17.9. The molecule has 0 spiro atoms. The Morgan fingerprint density at radius 3 is 2.67 bits per heavy atom. The van der Waals surface area contributed by atoms with Gasteiger partial charge in [-0.2, -0.15) is 5.26 Å². The molecule has 2 rings (SSSR count). The van der Waals surface area contributed by atoms with Gasteiger partial charge in [0.15, 0.2) is 0 Å². The van der Waals surface area contributed by atoms with Crippen LogP contribution in [0.2, 0.25) is 10.0 Å². The van der Waals surface area contributed by atoms with Crippen LogP contribution in [-0.2, 0) is 4.79 Å². The van der Waals surface area contributed by atoms with Crippen LogP contribution in [0.4, 0.5) is 5.69 Å². The summed E-state index contributed by atoms with van der Waals surface area (Å²) in [5, 5.41) is 12.7. The number of hydrogen-bond acceptors (Lipinski definition) is 3. The number of carbonyl (C=O) groups excluding carboxylic acids is 1. The number of rotatable bonds is 5. The molecule has 0 aliphatic rings. The number of anilines is 1. The zero-order chi connectivity index (χ0) is 17.5. The Hall–Kier alpha value is -2.48. The fourth-order valence-electron chi connectivity index (χ4n) is 1.96. The van der Waals surface area contributed by atoms with Crippen LogP contribution in [0, 0.1) is 11.3 Å². The third-order valence-electron chi connectivity index (χ3n) is 3.05. The largest absolute Gasteiger partial charge is 0.492 e. The number of nitriles is 1. The van der Waals surface area contributed by atoms with Crippen LogP contribution in [-0.4, -0.2) is 12.5 Å². The van der Waals surface area contributed by atoms with Gasteiger partial charge in [-0.25, -0.2) is 0 Å². The number of nitrogens with zero attached hydrogens (tertiary/aromatic N) is 1. The molecule has 0 saturated carbocycles. The molecule has 0 aromatic heterocycles. The van der Waals surface area contributed by atoms with E-state index in [0.29, 0.717) is 33.7 Å². The number of benzene rings is 2.